The molecular weight excluding hydrogens is 214 g/mol. The maximum Gasteiger partial charge on any atom is 0.151 e. The Labute approximate surface area is 104 Å². The van der Waals surface area contributed by atoms with Crippen LogP contribution in [-0.4, -0.2) is 30.2 Å². The fourth-order valence-corrected chi connectivity index (χ4v) is 1.79. The van der Waals surface area contributed by atoms with E-state index in [2.05, 4.69) is 36.1 Å². The Morgan fingerprint density at radius 2 is 2.24 bits per heavy atom. The monoisotopic (exact) mass is 239 g/mol. The van der Waals surface area contributed by atoms with Crippen molar-refractivity contribution in [2.24, 2.45) is 5.92 Å². The van der Waals surface area contributed by atoms with Gasteiger partial charge < -0.3 is 9.84 Å². The van der Waals surface area contributed by atoms with Gasteiger partial charge in [-0.15, -0.1) is 0 Å². The summed E-state index contributed by atoms with van der Waals surface area (Å²) in [4.78, 5) is 2.40. The first-order chi connectivity index (χ1) is 8.19. The molecule has 0 aliphatic heterocycles. The number of nitrogens with one attached hydrogen (secondary N) is 1. The normalized spacial score (nSPS) is 13.2. The molecule has 0 aliphatic carbocycles. The minimum absolute atomic E-state index is 0.731. The summed E-state index contributed by atoms with van der Waals surface area (Å²) in [6, 6.07) is 2.04. The van der Waals surface area contributed by atoms with Crippen LogP contribution >= 0.6 is 0 Å². The second-order valence-electron chi connectivity index (χ2n) is 4.66. The van der Waals surface area contributed by atoms with Crippen molar-refractivity contribution in [1.82, 2.24) is 15.4 Å². The Bertz CT molecular complexity index is 311. The van der Waals surface area contributed by atoms with Gasteiger partial charge in [0.2, 0.25) is 0 Å². The molecule has 0 aromatic carbocycles. The summed E-state index contributed by atoms with van der Waals surface area (Å²) in [7, 11) is 1.91. The summed E-state index contributed by atoms with van der Waals surface area (Å²) in [5, 5.41) is 7.10. The first-order valence-corrected chi connectivity index (χ1v) is 6.51. The topological polar surface area (TPSA) is 41.3 Å². The van der Waals surface area contributed by atoms with E-state index >= 15 is 0 Å². The molecule has 1 heterocycles. The summed E-state index contributed by atoms with van der Waals surface area (Å²) in [6.07, 6.45) is 1.22. The largest absolute Gasteiger partial charge is 0.360 e. The Morgan fingerprint density at radius 1 is 1.47 bits per heavy atom. The summed E-state index contributed by atoms with van der Waals surface area (Å²) in [6.45, 7) is 10.5. The molecule has 17 heavy (non-hydrogen) atoms. The summed E-state index contributed by atoms with van der Waals surface area (Å²) in [5.41, 5.74) is 0.974. The van der Waals surface area contributed by atoms with Crippen molar-refractivity contribution in [2.75, 3.05) is 20.1 Å². The predicted octanol–water partition coefficient (Wildman–Crippen LogP) is 2.26. The van der Waals surface area contributed by atoms with E-state index in [0.29, 0.717) is 0 Å². The van der Waals surface area contributed by atoms with Gasteiger partial charge >= 0.3 is 0 Å². The Kier molecular flexibility index (Phi) is 6.22. The quantitative estimate of drug-likeness (QED) is 0.755. The molecule has 1 aromatic heterocycles. The average Bonchev–Trinajstić information content (AvgIpc) is 2.76. The molecule has 0 aliphatic rings. The van der Waals surface area contributed by atoms with Gasteiger partial charge in [-0.1, -0.05) is 32.3 Å². The van der Waals surface area contributed by atoms with Crippen LogP contribution in [0, 0.1) is 5.92 Å². The van der Waals surface area contributed by atoms with E-state index in [1.165, 1.54) is 6.42 Å². The molecule has 1 atom stereocenters. The van der Waals surface area contributed by atoms with Gasteiger partial charge in [0.15, 0.2) is 5.76 Å². The van der Waals surface area contributed by atoms with Gasteiger partial charge in [-0.2, -0.15) is 0 Å². The molecule has 1 N–H and O–H groups in total. The van der Waals surface area contributed by atoms with Crippen molar-refractivity contribution in [2.45, 2.75) is 40.3 Å². The molecule has 0 amide bonds. The molecule has 0 spiro atoms. The Balaban J connectivity index is 2.48. The zero-order valence-electron chi connectivity index (χ0n) is 11.5. The molecule has 1 unspecified atom stereocenters. The lowest BCUT2D eigenvalue weighted by Crippen LogP contribution is -2.27. The third-order valence-corrected chi connectivity index (χ3v) is 3.06. The maximum atomic E-state index is 5.33. The van der Waals surface area contributed by atoms with Gasteiger partial charge in [0, 0.05) is 19.2 Å². The van der Waals surface area contributed by atoms with Gasteiger partial charge in [-0.25, -0.2) is 0 Å². The molecule has 1 rings (SSSR count). The Morgan fingerprint density at radius 3 is 2.82 bits per heavy atom. The lowest BCUT2D eigenvalue weighted by Gasteiger charge is -2.22. The first-order valence-electron chi connectivity index (χ1n) is 6.51. The van der Waals surface area contributed by atoms with Crippen LogP contribution in [0.2, 0.25) is 0 Å². The lowest BCUT2D eigenvalue weighted by molar-refractivity contribution is 0.211. The molecule has 4 heteroatoms. The lowest BCUT2D eigenvalue weighted by atomic mass is 10.1. The molecule has 0 fully saturated rings. The van der Waals surface area contributed by atoms with Crippen LogP contribution in [0.4, 0.5) is 0 Å². The highest BCUT2D eigenvalue weighted by Crippen LogP contribution is 2.10. The van der Waals surface area contributed by atoms with Gasteiger partial charge in [-0.3, -0.25) is 4.90 Å². The minimum atomic E-state index is 0.731. The highest BCUT2D eigenvalue weighted by Gasteiger charge is 2.11. The number of hydrogen-bond donors (Lipinski definition) is 1. The van der Waals surface area contributed by atoms with Crippen LogP contribution in [-0.2, 0) is 13.1 Å². The third kappa shape index (κ3) is 4.88. The summed E-state index contributed by atoms with van der Waals surface area (Å²) >= 11 is 0. The number of nitrogens with zero attached hydrogens (tertiary/aromatic N) is 2. The number of aromatic nitrogens is 1. The fourth-order valence-electron chi connectivity index (χ4n) is 1.79. The van der Waals surface area contributed by atoms with E-state index in [-0.39, 0.29) is 0 Å². The van der Waals surface area contributed by atoms with Crippen LogP contribution in [0.3, 0.4) is 0 Å². The van der Waals surface area contributed by atoms with E-state index in [1.807, 2.05) is 13.1 Å². The second kappa shape index (κ2) is 7.45. The van der Waals surface area contributed by atoms with Crippen molar-refractivity contribution in [3.05, 3.63) is 17.5 Å². The molecular formula is C13H25N3O. The van der Waals surface area contributed by atoms with Crippen molar-refractivity contribution in [1.29, 1.82) is 0 Å². The highest BCUT2D eigenvalue weighted by atomic mass is 16.5. The molecule has 1 aromatic rings. The number of rotatable bonds is 8. The van der Waals surface area contributed by atoms with Crippen LogP contribution in [0.5, 0.6) is 0 Å². The minimum Gasteiger partial charge on any atom is -0.360 e. The SMILES string of the molecule is CCC(C)CN(CC)Cc1cc(CNC)no1. The molecule has 0 saturated heterocycles. The molecule has 0 saturated carbocycles. The molecule has 4 nitrogen and oxygen atoms in total. The van der Waals surface area contributed by atoms with Crippen molar-refractivity contribution < 1.29 is 4.52 Å². The van der Waals surface area contributed by atoms with Gasteiger partial charge in [0.25, 0.3) is 0 Å². The highest BCUT2D eigenvalue weighted by molar-refractivity contribution is 5.04. The van der Waals surface area contributed by atoms with Crippen molar-refractivity contribution >= 4 is 0 Å². The fraction of sp³-hybridized carbons (Fsp3) is 0.769. The predicted molar refractivity (Wildman–Crippen MR) is 69.7 cm³/mol. The third-order valence-electron chi connectivity index (χ3n) is 3.06. The van der Waals surface area contributed by atoms with Crippen LogP contribution < -0.4 is 5.32 Å². The summed E-state index contributed by atoms with van der Waals surface area (Å²) < 4.78 is 5.33. The zero-order valence-corrected chi connectivity index (χ0v) is 11.5. The molecule has 98 valence electrons. The number of hydrogen-bond acceptors (Lipinski definition) is 4. The van der Waals surface area contributed by atoms with Crippen LogP contribution in [0.1, 0.15) is 38.6 Å². The van der Waals surface area contributed by atoms with Crippen LogP contribution in [0.25, 0.3) is 0 Å². The van der Waals surface area contributed by atoms with Crippen molar-refractivity contribution in [3.8, 4) is 0 Å². The Hall–Kier alpha value is -0.870. The molecule has 0 bridgehead atoms. The van der Waals surface area contributed by atoms with E-state index in [1.54, 1.807) is 0 Å². The van der Waals surface area contributed by atoms with E-state index < -0.39 is 0 Å². The van der Waals surface area contributed by atoms with E-state index in [4.69, 9.17) is 4.52 Å². The van der Waals surface area contributed by atoms with Crippen LogP contribution in [0.15, 0.2) is 10.6 Å². The average molecular weight is 239 g/mol. The summed E-state index contributed by atoms with van der Waals surface area (Å²) in [5.74, 6) is 1.69. The van der Waals surface area contributed by atoms with E-state index in [0.717, 1.165) is 43.6 Å². The van der Waals surface area contributed by atoms with Gasteiger partial charge in [0.1, 0.15) is 0 Å². The zero-order chi connectivity index (χ0) is 12.7. The van der Waals surface area contributed by atoms with Gasteiger partial charge in [0.05, 0.1) is 12.2 Å². The second-order valence-corrected chi connectivity index (χ2v) is 4.66. The molecule has 0 radical (unpaired) electrons. The maximum absolute atomic E-state index is 5.33. The van der Waals surface area contributed by atoms with Gasteiger partial charge in [-0.05, 0) is 19.5 Å². The van der Waals surface area contributed by atoms with Crippen molar-refractivity contribution in [3.63, 3.8) is 0 Å². The van der Waals surface area contributed by atoms with E-state index in [9.17, 15) is 0 Å². The standard InChI is InChI=1S/C13H25N3O/c1-5-11(3)9-16(6-2)10-13-7-12(8-14-4)15-17-13/h7,11,14H,5-6,8-10H2,1-4H3. The first kappa shape index (κ1) is 14.2. The smallest absolute Gasteiger partial charge is 0.151 e.